The number of nitrogens with one attached hydrogen (secondary N) is 1. The highest BCUT2D eigenvalue weighted by atomic mass is 35.5. The second-order valence-electron chi connectivity index (χ2n) is 4.54. The van der Waals surface area contributed by atoms with Crippen molar-refractivity contribution >= 4 is 21.6 Å². The van der Waals surface area contributed by atoms with E-state index >= 15 is 0 Å². The Kier molecular flexibility index (Phi) is 4.45. The van der Waals surface area contributed by atoms with E-state index in [2.05, 4.69) is 5.32 Å². The van der Waals surface area contributed by atoms with Crippen molar-refractivity contribution in [3.8, 4) is 0 Å². The summed E-state index contributed by atoms with van der Waals surface area (Å²) in [6.07, 6.45) is 1.60. The fourth-order valence-corrected chi connectivity index (χ4v) is 4.55. The van der Waals surface area contributed by atoms with Gasteiger partial charge in [-0.15, -0.1) is 0 Å². The van der Waals surface area contributed by atoms with Gasteiger partial charge in [-0.2, -0.15) is 4.31 Å². The van der Waals surface area contributed by atoms with Crippen LogP contribution in [-0.4, -0.2) is 38.9 Å². The number of nitrogens with zero attached hydrogens (tertiary/aromatic N) is 1. The first-order valence-electron chi connectivity index (χ1n) is 6.08. The zero-order chi connectivity index (χ0) is 14.0. The van der Waals surface area contributed by atoms with Crippen LogP contribution in [0.1, 0.15) is 12.8 Å². The Morgan fingerprint density at radius 2 is 2.26 bits per heavy atom. The number of rotatable bonds is 4. The summed E-state index contributed by atoms with van der Waals surface area (Å²) in [5, 5.41) is 3.03. The summed E-state index contributed by atoms with van der Waals surface area (Å²) in [6.45, 7) is 1.02. The Morgan fingerprint density at radius 1 is 1.53 bits per heavy atom. The van der Waals surface area contributed by atoms with Crippen LogP contribution in [0.25, 0.3) is 0 Å². The van der Waals surface area contributed by atoms with Gasteiger partial charge >= 0.3 is 0 Å². The first-order chi connectivity index (χ1) is 8.96. The second-order valence-corrected chi connectivity index (χ2v) is 6.81. The van der Waals surface area contributed by atoms with Gasteiger partial charge in [-0.05, 0) is 38.1 Å². The second kappa shape index (κ2) is 5.75. The molecule has 1 aromatic rings. The van der Waals surface area contributed by atoms with E-state index in [1.807, 2.05) is 0 Å². The van der Waals surface area contributed by atoms with Crippen LogP contribution in [0.4, 0.5) is 4.39 Å². The molecule has 106 valence electrons. The normalized spacial score (nSPS) is 20.9. The number of likely N-dealkylation sites (N-methyl/N-ethyl adjacent to an activating group) is 1. The Labute approximate surface area is 117 Å². The maximum Gasteiger partial charge on any atom is 0.244 e. The van der Waals surface area contributed by atoms with Crippen molar-refractivity contribution in [3.63, 3.8) is 0 Å². The third kappa shape index (κ3) is 2.91. The van der Waals surface area contributed by atoms with Crippen molar-refractivity contribution in [2.75, 3.05) is 20.1 Å². The summed E-state index contributed by atoms with van der Waals surface area (Å²) in [5.41, 5.74) is 0. The molecule has 19 heavy (non-hydrogen) atoms. The molecule has 1 aliphatic heterocycles. The predicted molar refractivity (Wildman–Crippen MR) is 72.3 cm³/mol. The maximum absolute atomic E-state index is 13.3. The van der Waals surface area contributed by atoms with Crippen LogP contribution in [0.2, 0.25) is 5.02 Å². The van der Waals surface area contributed by atoms with Gasteiger partial charge < -0.3 is 5.32 Å². The van der Waals surface area contributed by atoms with Crippen LogP contribution in [0.15, 0.2) is 23.1 Å². The molecule has 1 saturated heterocycles. The number of hydrogen-bond donors (Lipinski definition) is 1. The van der Waals surface area contributed by atoms with Crippen molar-refractivity contribution in [1.82, 2.24) is 9.62 Å². The summed E-state index contributed by atoms with van der Waals surface area (Å²) in [6, 6.07) is 3.30. The molecule has 0 spiro atoms. The van der Waals surface area contributed by atoms with E-state index in [9.17, 15) is 12.8 Å². The molecule has 0 radical (unpaired) electrons. The van der Waals surface area contributed by atoms with E-state index < -0.39 is 15.8 Å². The van der Waals surface area contributed by atoms with Gasteiger partial charge in [-0.3, -0.25) is 0 Å². The van der Waals surface area contributed by atoms with Crippen LogP contribution in [-0.2, 0) is 10.0 Å². The molecule has 1 aromatic carbocycles. The van der Waals surface area contributed by atoms with Crippen LogP contribution >= 0.6 is 11.6 Å². The largest absolute Gasteiger partial charge is 0.318 e. The molecule has 1 heterocycles. The highest BCUT2D eigenvalue weighted by Crippen LogP contribution is 2.30. The van der Waals surface area contributed by atoms with Crippen molar-refractivity contribution in [2.45, 2.75) is 23.8 Å². The summed E-state index contributed by atoms with van der Waals surface area (Å²) in [4.78, 5) is -0.155. The van der Waals surface area contributed by atoms with Gasteiger partial charge in [0.15, 0.2) is 0 Å². The predicted octanol–water partition coefficient (Wildman–Crippen LogP) is 1.85. The number of hydrogen-bond acceptors (Lipinski definition) is 3. The molecule has 1 aliphatic rings. The molecule has 1 N–H and O–H groups in total. The molecule has 2 rings (SSSR count). The lowest BCUT2D eigenvalue weighted by molar-refractivity contribution is 0.379. The Bertz CT molecular complexity index is 565. The molecule has 7 heteroatoms. The molecule has 0 aromatic heterocycles. The smallest absolute Gasteiger partial charge is 0.244 e. The van der Waals surface area contributed by atoms with Gasteiger partial charge in [-0.25, -0.2) is 12.8 Å². The molecule has 1 unspecified atom stereocenters. The van der Waals surface area contributed by atoms with Gasteiger partial charge in [0.25, 0.3) is 0 Å². The lowest BCUT2D eigenvalue weighted by Crippen LogP contribution is -2.40. The summed E-state index contributed by atoms with van der Waals surface area (Å²) in [5.74, 6) is -0.604. The van der Waals surface area contributed by atoms with Crippen LogP contribution in [0.5, 0.6) is 0 Å². The minimum atomic E-state index is -3.74. The van der Waals surface area contributed by atoms with Gasteiger partial charge in [0.2, 0.25) is 10.0 Å². The van der Waals surface area contributed by atoms with E-state index in [0.29, 0.717) is 13.1 Å². The molecule has 4 nitrogen and oxygen atoms in total. The van der Waals surface area contributed by atoms with E-state index in [1.165, 1.54) is 10.4 Å². The fraction of sp³-hybridized carbons (Fsp3) is 0.500. The Balaban J connectivity index is 2.39. The quantitative estimate of drug-likeness (QED) is 0.923. The Morgan fingerprint density at radius 3 is 2.95 bits per heavy atom. The minimum absolute atomic E-state index is 0.0523. The lowest BCUT2D eigenvalue weighted by atomic mass is 10.2. The Hall–Kier alpha value is -0.690. The monoisotopic (exact) mass is 306 g/mol. The molecule has 0 bridgehead atoms. The fourth-order valence-electron chi connectivity index (χ4n) is 2.37. The number of sulfonamides is 1. The topological polar surface area (TPSA) is 49.4 Å². The molecular weight excluding hydrogens is 291 g/mol. The average molecular weight is 307 g/mol. The molecule has 1 atom stereocenters. The zero-order valence-corrected chi connectivity index (χ0v) is 12.1. The van der Waals surface area contributed by atoms with Gasteiger partial charge in [0, 0.05) is 19.1 Å². The highest BCUT2D eigenvalue weighted by Gasteiger charge is 2.36. The van der Waals surface area contributed by atoms with E-state index in [-0.39, 0.29) is 16.0 Å². The van der Waals surface area contributed by atoms with E-state index in [1.54, 1.807) is 7.05 Å². The number of halogens is 2. The molecule has 0 saturated carbocycles. The third-order valence-electron chi connectivity index (χ3n) is 3.24. The van der Waals surface area contributed by atoms with Crippen molar-refractivity contribution < 1.29 is 12.8 Å². The van der Waals surface area contributed by atoms with Crippen molar-refractivity contribution in [3.05, 3.63) is 29.0 Å². The van der Waals surface area contributed by atoms with E-state index in [4.69, 9.17) is 11.6 Å². The van der Waals surface area contributed by atoms with Gasteiger partial charge in [-0.1, -0.05) is 11.6 Å². The number of benzene rings is 1. The zero-order valence-electron chi connectivity index (χ0n) is 10.6. The molecular formula is C12H16ClFN2O2S. The van der Waals surface area contributed by atoms with Crippen molar-refractivity contribution in [2.24, 2.45) is 0 Å². The third-order valence-corrected chi connectivity index (χ3v) is 5.68. The highest BCUT2D eigenvalue weighted by molar-refractivity contribution is 7.89. The maximum atomic E-state index is 13.3. The first kappa shape index (κ1) is 14.7. The summed E-state index contributed by atoms with van der Waals surface area (Å²) < 4.78 is 39.7. The van der Waals surface area contributed by atoms with Crippen LogP contribution in [0, 0.1) is 5.82 Å². The SMILES string of the molecule is CNCC1CCCN1S(=O)(=O)c1cc(F)ccc1Cl. The van der Waals surface area contributed by atoms with Crippen molar-refractivity contribution in [1.29, 1.82) is 0 Å². The summed E-state index contributed by atoms with van der Waals surface area (Å²) >= 11 is 5.90. The van der Waals surface area contributed by atoms with Crippen LogP contribution < -0.4 is 5.32 Å². The van der Waals surface area contributed by atoms with Gasteiger partial charge in [0.1, 0.15) is 10.7 Å². The van der Waals surface area contributed by atoms with Crippen LogP contribution in [0.3, 0.4) is 0 Å². The average Bonchev–Trinajstić information content (AvgIpc) is 2.81. The minimum Gasteiger partial charge on any atom is -0.318 e. The summed E-state index contributed by atoms with van der Waals surface area (Å²) in [7, 11) is -1.97. The first-order valence-corrected chi connectivity index (χ1v) is 7.90. The molecule has 0 aliphatic carbocycles. The van der Waals surface area contributed by atoms with E-state index in [0.717, 1.165) is 25.0 Å². The molecule has 0 amide bonds. The van der Waals surface area contributed by atoms with Gasteiger partial charge in [0.05, 0.1) is 5.02 Å². The molecule has 1 fully saturated rings. The standard InChI is InChI=1S/C12H16ClFN2O2S/c1-15-8-10-3-2-6-16(10)19(17,18)12-7-9(14)4-5-11(12)13/h4-5,7,10,15H,2-3,6,8H2,1H3. The lowest BCUT2D eigenvalue weighted by Gasteiger charge is -2.24.